The molecule has 0 aliphatic rings. The maximum absolute atomic E-state index is 10.3. The Labute approximate surface area is 150 Å². The Morgan fingerprint density at radius 2 is 2.12 bits per heavy atom. The molecule has 2 N–H and O–H groups in total. The van der Waals surface area contributed by atoms with Gasteiger partial charge in [-0.1, -0.05) is 12.1 Å². The molecule has 0 aliphatic carbocycles. The molecule has 0 unspecified atom stereocenters. The normalized spacial score (nSPS) is 12.3. The second-order valence-electron chi connectivity index (χ2n) is 5.68. The molecule has 8 heteroatoms. The Kier molecular flexibility index (Phi) is 5.40. The van der Waals surface area contributed by atoms with E-state index in [2.05, 4.69) is 20.6 Å². The highest BCUT2D eigenvalue weighted by Gasteiger charge is 2.14. The smallest absolute Gasteiger partial charge is 0.200 e. The van der Waals surface area contributed by atoms with Gasteiger partial charge in [-0.15, -0.1) is 22.0 Å². The van der Waals surface area contributed by atoms with Crippen LogP contribution in [0.5, 0.6) is 5.75 Å². The number of hydrogen-bond acceptors (Lipinski definition) is 7. The molecule has 0 saturated carbocycles. The van der Waals surface area contributed by atoms with Crippen molar-refractivity contribution in [2.24, 2.45) is 0 Å². The van der Waals surface area contributed by atoms with Gasteiger partial charge in [-0.3, -0.25) is 0 Å². The van der Waals surface area contributed by atoms with E-state index in [1.165, 1.54) is 0 Å². The molecule has 0 aliphatic heterocycles. The first-order valence-electron chi connectivity index (χ1n) is 7.95. The lowest BCUT2D eigenvalue weighted by Gasteiger charge is -2.17. The topological polar surface area (TPSA) is 84.6 Å². The minimum atomic E-state index is -0.661. The van der Waals surface area contributed by atoms with Gasteiger partial charge in [0, 0.05) is 11.4 Å². The Morgan fingerprint density at radius 3 is 2.92 bits per heavy atom. The summed E-state index contributed by atoms with van der Waals surface area (Å²) in [7, 11) is 0. The zero-order valence-electron chi connectivity index (χ0n) is 14.4. The summed E-state index contributed by atoms with van der Waals surface area (Å²) in [6.07, 6.45) is 2.90. The molecular weight excluding hydrogens is 338 g/mol. The largest absolute Gasteiger partial charge is 0.490 e. The summed E-state index contributed by atoms with van der Waals surface area (Å²) in [5, 5.41) is 25.9. The van der Waals surface area contributed by atoms with Gasteiger partial charge in [0.05, 0.1) is 11.4 Å². The summed E-state index contributed by atoms with van der Waals surface area (Å²) in [6.45, 7) is 4.45. The van der Waals surface area contributed by atoms with Crippen LogP contribution in [0.15, 0.2) is 35.5 Å². The third-order valence-electron chi connectivity index (χ3n) is 3.94. The monoisotopic (exact) mass is 359 g/mol. The number of aliphatic hydroxyl groups excluding tert-OH is 1. The average Bonchev–Trinajstić information content (AvgIpc) is 3.08. The van der Waals surface area contributed by atoms with E-state index in [1.54, 1.807) is 22.6 Å². The first-order valence-corrected chi connectivity index (χ1v) is 9.17. The highest BCUT2D eigenvalue weighted by Crippen LogP contribution is 2.27. The molecule has 1 aromatic carbocycles. The second-order valence-corrected chi connectivity index (χ2v) is 6.53. The third-order valence-corrected chi connectivity index (χ3v) is 4.72. The van der Waals surface area contributed by atoms with Crippen LogP contribution in [0.2, 0.25) is 0 Å². The predicted molar refractivity (Wildman–Crippen MR) is 98.5 cm³/mol. The van der Waals surface area contributed by atoms with E-state index in [9.17, 15) is 5.11 Å². The first-order chi connectivity index (χ1) is 12.1. The van der Waals surface area contributed by atoms with Crippen molar-refractivity contribution >= 4 is 23.1 Å². The first kappa shape index (κ1) is 17.5. The van der Waals surface area contributed by atoms with Gasteiger partial charge in [-0.2, -0.15) is 9.61 Å². The Balaban J connectivity index is 1.64. The SMILES string of the molecule is CSc1ccccc1OC[C@H](O)CNc1c(C)c(C)nn2cnnc12. The number of fused-ring (bicyclic) bond motifs is 1. The van der Waals surface area contributed by atoms with Crippen molar-refractivity contribution in [2.45, 2.75) is 24.8 Å². The van der Waals surface area contributed by atoms with E-state index in [-0.39, 0.29) is 6.61 Å². The summed E-state index contributed by atoms with van der Waals surface area (Å²) in [4.78, 5) is 1.05. The van der Waals surface area contributed by atoms with E-state index in [1.807, 2.05) is 44.4 Å². The number of hydrogen-bond donors (Lipinski definition) is 2. The van der Waals surface area contributed by atoms with E-state index in [4.69, 9.17) is 4.74 Å². The number of nitrogens with one attached hydrogen (secondary N) is 1. The lowest BCUT2D eigenvalue weighted by molar-refractivity contribution is 0.116. The number of anilines is 1. The Hall–Kier alpha value is -2.32. The fourth-order valence-electron chi connectivity index (χ4n) is 2.47. The molecule has 0 fully saturated rings. The van der Waals surface area contributed by atoms with Crippen molar-refractivity contribution in [3.05, 3.63) is 41.9 Å². The molecule has 132 valence electrons. The minimum absolute atomic E-state index is 0.205. The van der Waals surface area contributed by atoms with Crippen LogP contribution < -0.4 is 10.1 Å². The molecule has 25 heavy (non-hydrogen) atoms. The molecule has 0 radical (unpaired) electrons. The molecule has 3 aromatic rings. The highest BCUT2D eigenvalue weighted by molar-refractivity contribution is 7.98. The summed E-state index contributed by atoms with van der Waals surface area (Å²) in [5.74, 6) is 0.782. The third kappa shape index (κ3) is 3.85. The van der Waals surface area contributed by atoms with E-state index < -0.39 is 6.10 Å². The maximum Gasteiger partial charge on any atom is 0.200 e. The molecule has 2 aromatic heterocycles. The van der Waals surface area contributed by atoms with Crippen molar-refractivity contribution in [1.82, 2.24) is 19.8 Å². The van der Waals surface area contributed by atoms with Crippen molar-refractivity contribution in [2.75, 3.05) is 24.7 Å². The zero-order chi connectivity index (χ0) is 17.8. The van der Waals surface area contributed by atoms with Crippen molar-refractivity contribution in [3.63, 3.8) is 0 Å². The molecule has 0 spiro atoms. The number of rotatable bonds is 7. The Morgan fingerprint density at radius 1 is 1.32 bits per heavy atom. The van der Waals surface area contributed by atoms with Gasteiger partial charge in [0.25, 0.3) is 0 Å². The number of aromatic nitrogens is 4. The fourth-order valence-corrected chi connectivity index (χ4v) is 3.01. The van der Waals surface area contributed by atoms with Crippen LogP contribution in [-0.4, -0.2) is 50.4 Å². The highest BCUT2D eigenvalue weighted by atomic mass is 32.2. The molecule has 1 atom stereocenters. The second kappa shape index (κ2) is 7.71. The van der Waals surface area contributed by atoms with Crippen LogP contribution in [0.25, 0.3) is 5.65 Å². The van der Waals surface area contributed by atoms with Crippen LogP contribution in [0, 0.1) is 13.8 Å². The molecule has 2 heterocycles. The van der Waals surface area contributed by atoms with Gasteiger partial charge >= 0.3 is 0 Å². The number of benzene rings is 1. The van der Waals surface area contributed by atoms with Crippen LogP contribution in [0.1, 0.15) is 11.3 Å². The summed E-state index contributed by atoms with van der Waals surface area (Å²) in [6, 6.07) is 7.79. The van der Waals surface area contributed by atoms with Gasteiger partial charge in [-0.05, 0) is 37.8 Å². The quantitative estimate of drug-likeness (QED) is 0.626. The number of aryl methyl sites for hydroxylation is 1. The fraction of sp³-hybridized carbons (Fsp3) is 0.353. The number of nitrogens with zero attached hydrogens (tertiary/aromatic N) is 4. The van der Waals surface area contributed by atoms with Crippen molar-refractivity contribution < 1.29 is 9.84 Å². The summed E-state index contributed by atoms with van der Waals surface area (Å²) < 4.78 is 7.38. The van der Waals surface area contributed by atoms with Crippen LogP contribution >= 0.6 is 11.8 Å². The molecule has 0 amide bonds. The molecule has 0 saturated heterocycles. The standard InChI is InChI=1S/C17H21N5O2S/c1-11-12(2)21-22-10-19-20-17(22)16(11)18-8-13(23)9-24-14-6-4-5-7-15(14)25-3/h4-7,10,13,18,23H,8-9H2,1-3H3/t13-/m1/s1. The predicted octanol–water partition coefficient (Wildman–Crippen LogP) is 2.31. The van der Waals surface area contributed by atoms with Crippen molar-refractivity contribution in [1.29, 1.82) is 0 Å². The average molecular weight is 359 g/mol. The number of ether oxygens (including phenoxy) is 1. The lowest BCUT2D eigenvalue weighted by atomic mass is 10.2. The van der Waals surface area contributed by atoms with Crippen molar-refractivity contribution in [3.8, 4) is 5.75 Å². The molecule has 7 nitrogen and oxygen atoms in total. The van der Waals surface area contributed by atoms with E-state index in [0.29, 0.717) is 12.2 Å². The van der Waals surface area contributed by atoms with Gasteiger partial charge in [-0.25, -0.2) is 0 Å². The summed E-state index contributed by atoms with van der Waals surface area (Å²) >= 11 is 1.62. The van der Waals surface area contributed by atoms with Gasteiger partial charge in [0.2, 0.25) is 5.65 Å². The zero-order valence-corrected chi connectivity index (χ0v) is 15.2. The maximum atomic E-state index is 10.3. The number of thioether (sulfide) groups is 1. The van der Waals surface area contributed by atoms with Crippen LogP contribution in [0.3, 0.4) is 0 Å². The molecular formula is C17H21N5O2S. The van der Waals surface area contributed by atoms with Crippen LogP contribution in [0.4, 0.5) is 5.69 Å². The Bertz CT molecular complexity index is 867. The van der Waals surface area contributed by atoms with Gasteiger partial charge in [0.1, 0.15) is 24.8 Å². The lowest BCUT2D eigenvalue weighted by Crippen LogP contribution is -2.27. The van der Waals surface area contributed by atoms with E-state index in [0.717, 1.165) is 27.6 Å². The minimum Gasteiger partial charge on any atom is -0.490 e. The van der Waals surface area contributed by atoms with Gasteiger partial charge in [0.15, 0.2) is 0 Å². The molecule has 3 rings (SSSR count). The number of aliphatic hydroxyl groups is 1. The van der Waals surface area contributed by atoms with E-state index >= 15 is 0 Å². The van der Waals surface area contributed by atoms with Crippen LogP contribution in [-0.2, 0) is 0 Å². The summed E-state index contributed by atoms with van der Waals surface area (Å²) in [5.41, 5.74) is 3.34. The molecule has 0 bridgehead atoms. The number of para-hydroxylation sites is 1. The van der Waals surface area contributed by atoms with Gasteiger partial charge < -0.3 is 15.2 Å².